The van der Waals surface area contributed by atoms with Gasteiger partial charge in [-0.3, -0.25) is 4.57 Å². The van der Waals surface area contributed by atoms with Gasteiger partial charge in [-0.25, -0.2) is 0 Å². The third-order valence-corrected chi connectivity index (χ3v) is 7.49. The maximum absolute atomic E-state index is 14.1. The average Bonchev–Trinajstić information content (AvgIpc) is 3.09. The Balaban J connectivity index is 2.09. The fourth-order valence-corrected chi connectivity index (χ4v) is 6.04. The lowest BCUT2D eigenvalue weighted by Crippen LogP contribution is -2.21. The Bertz CT molecular complexity index is 1210. The minimum absolute atomic E-state index is 0.271. The predicted molar refractivity (Wildman–Crippen MR) is 128 cm³/mol. The summed E-state index contributed by atoms with van der Waals surface area (Å²) in [6.07, 6.45) is 0.659. The lowest BCUT2D eigenvalue weighted by molar-refractivity contribution is 0.229. The predicted octanol–water partition coefficient (Wildman–Crippen LogP) is 6.77. The highest BCUT2D eigenvalue weighted by Crippen LogP contribution is 2.50. The number of para-hydroxylation sites is 1. The average molecular weight is 454 g/mol. The van der Waals surface area contributed by atoms with Crippen molar-refractivity contribution >= 4 is 35.4 Å². The molecule has 4 rings (SSSR count). The highest BCUT2D eigenvalue weighted by molar-refractivity contribution is 7.62. The number of rotatable bonds is 8. The molecule has 0 radical (unpaired) electrons. The summed E-state index contributed by atoms with van der Waals surface area (Å²) in [5.41, 5.74) is 3.59. The van der Waals surface area contributed by atoms with Crippen LogP contribution in [0.2, 0.25) is 5.02 Å². The quantitative estimate of drug-likeness (QED) is 0.276. The zero-order valence-corrected chi connectivity index (χ0v) is 19.3. The summed E-state index contributed by atoms with van der Waals surface area (Å²) in [7, 11) is -3.62. The molecule has 0 aliphatic rings. The van der Waals surface area contributed by atoms with Gasteiger partial charge in [0.05, 0.1) is 13.2 Å². The first kappa shape index (κ1) is 21.9. The molecule has 0 amide bonds. The minimum Gasteiger partial charge on any atom is -0.306 e. The third kappa shape index (κ3) is 4.35. The molecule has 0 bridgehead atoms. The summed E-state index contributed by atoms with van der Waals surface area (Å²) < 4.78 is 27.7. The van der Waals surface area contributed by atoms with E-state index < -0.39 is 7.60 Å². The Hall–Kier alpha value is -2.36. The van der Waals surface area contributed by atoms with E-state index in [0.29, 0.717) is 16.9 Å². The van der Waals surface area contributed by atoms with Crippen LogP contribution >= 0.6 is 19.2 Å². The molecule has 6 heteroatoms. The van der Waals surface area contributed by atoms with Gasteiger partial charge in [-0.05, 0) is 43.7 Å². The van der Waals surface area contributed by atoms with Crippen molar-refractivity contribution in [1.82, 2.24) is 4.57 Å². The normalized spacial score (nSPS) is 11.8. The summed E-state index contributed by atoms with van der Waals surface area (Å²) in [6, 6.07) is 25.8. The van der Waals surface area contributed by atoms with E-state index in [1.165, 1.54) is 0 Å². The smallest absolute Gasteiger partial charge is 0.306 e. The van der Waals surface area contributed by atoms with Gasteiger partial charge in [-0.1, -0.05) is 66.2 Å². The topological polar surface area (TPSA) is 40.5 Å². The number of fused-ring (bicyclic) bond motifs is 1. The van der Waals surface area contributed by atoms with Crippen molar-refractivity contribution < 1.29 is 13.6 Å². The number of benzene rings is 3. The fourth-order valence-electron chi connectivity index (χ4n) is 3.91. The van der Waals surface area contributed by atoms with Crippen molar-refractivity contribution in [1.29, 1.82) is 0 Å². The first-order chi connectivity index (χ1) is 15.1. The van der Waals surface area contributed by atoms with Crippen molar-refractivity contribution in [2.24, 2.45) is 0 Å². The molecule has 0 saturated carbocycles. The summed E-state index contributed by atoms with van der Waals surface area (Å²) in [6.45, 7) is 4.18. The molecule has 0 aliphatic heterocycles. The van der Waals surface area contributed by atoms with Gasteiger partial charge in [-0.15, -0.1) is 0 Å². The van der Waals surface area contributed by atoms with Gasteiger partial charge in [0.2, 0.25) is 0 Å². The minimum atomic E-state index is -3.62. The summed E-state index contributed by atoms with van der Waals surface area (Å²) in [5, 5.41) is 2.34. The van der Waals surface area contributed by atoms with Crippen LogP contribution in [0.3, 0.4) is 0 Å². The number of nitrogens with zero attached hydrogens (tertiary/aromatic N) is 1. The molecule has 0 fully saturated rings. The van der Waals surface area contributed by atoms with E-state index in [-0.39, 0.29) is 13.2 Å². The maximum atomic E-state index is 14.1. The highest BCUT2D eigenvalue weighted by Gasteiger charge is 2.35. The molecular weight excluding hydrogens is 429 g/mol. The molecule has 0 saturated heterocycles. The van der Waals surface area contributed by atoms with Crippen LogP contribution in [-0.2, 0) is 20.0 Å². The van der Waals surface area contributed by atoms with Crippen LogP contribution in [0, 0.1) is 0 Å². The van der Waals surface area contributed by atoms with E-state index in [4.69, 9.17) is 20.6 Å². The zero-order chi connectivity index (χ0) is 21.8. The van der Waals surface area contributed by atoms with Crippen LogP contribution in [0.4, 0.5) is 0 Å². The molecule has 1 heterocycles. The Morgan fingerprint density at radius 2 is 1.45 bits per heavy atom. The van der Waals surface area contributed by atoms with Gasteiger partial charge in [0, 0.05) is 33.6 Å². The lowest BCUT2D eigenvalue weighted by atomic mass is 10.1. The Kier molecular flexibility index (Phi) is 6.64. The lowest BCUT2D eigenvalue weighted by Gasteiger charge is -2.21. The molecule has 0 atom stereocenters. The first-order valence-electron chi connectivity index (χ1n) is 10.4. The first-order valence-corrected chi connectivity index (χ1v) is 12.3. The largest absolute Gasteiger partial charge is 0.378 e. The number of halogens is 1. The summed E-state index contributed by atoms with van der Waals surface area (Å²) in [4.78, 5) is 0. The zero-order valence-electron chi connectivity index (χ0n) is 17.6. The van der Waals surface area contributed by atoms with Gasteiger partial charge in [0.25, 0.3) is 0 Å². The Morgan fingerprint density at radius 1 is 0.839 bits per heavy atom. The second-order valence-corrected chi connectivity index (χ2v) is 9.50. The second kappa shape index (κ2) is 9.42. The molecule has 3 aromatic carbocycles. The molecule has 4 nitrogen and oxygen atoms in total. The van der Waals surface area contributed by atoms with E-state index in [1.54, 1.807) is 0 Å². The third-order valence-electron chi connectivity index (χ3n) is 5.10. The van der Waals surface area contributed by atoms with Crippen molar-refractivity contribution in [3.63, 3.8) is 0 Å². The Morgan fingerprint density at radius 3 is 2.06 bits per heavy atom. The highest BCUT2D eigenvalue weighted by atomic mass is 35.5. The molecule has 160 valence electrons. The van der Waals surface area contributed by atoms with Gasteiger partial charge in [0.1, 0.15) is 5.44 Å². The van der Waals surface area contributed by atoms with Crippen LogP contribution in [0.15, 0.2) is 78.9 Å². The van der Waals surface area contributed by atoms with Gasteiger partial charge >= 0.3 is 7.60 Å². The monoisotopic (exact) mass is 453 g/mol. The van der Waals surface area contributed by atoms with E-state index in [9.17, 15) is 4.57 Å². The Labute approximate surface area is 187 Å². The SMILES string of the molecule is CCOP(=O)(OCC)c1c2cc(Cl)ccc2c(Cc2ccccc2)n1-c1ccccc1. The van der Waals surface area contributed by atoms with Gasteiger partial charge in [-0.2, -0.15) is 0 Å². The molecule has 31 heavy (non-hydrogen) atoms. The maximum Gasteiger partial charge on any atom is 0.378 e. The van der Waals surface area contributed by atoms with Gasteiger partial charge in [0.15, 0.2) is 0 Å². The summed E-state index contributed by atoms with van der Waals surface area (Å²) in [5.74, 6) is 0. The number of hydrogen-bond acceptors (Lipinski definition) is 3. The second-order valence-electron chi connectivity index (χ2n) is 7.13. The number of hydrogen-bond donors (Lipinski definition) is 0. The van der Waals surface area contributed by atoms with E-state index in [1.807, 2.05) is 85.1 Å². The molecule has 0 N–H and O–H groups in total. The molecule has 0 aliphatic carbocycles. The molecule has 0 spiro atoms. The van der Waals surface area contributed by atoms with Crippen LogP contribution in [-0.4, -0.2) is 17.8 Å². The van der Waals surface area contributed by atoms with Crippen LogP contribution in [0.1, 0.15) is 25.1 Å². The van der Waals surface area contributed by atoms with Crippen LogP contribution in [0.5, 0.6) is 0 Å². The van der Waals surface area contributed by atoms with E-state index in [2.05, 4.69) is 12.1 Å². The van der Waals surface area contributed by atoms with E-state index in [0.717, 1.165) is 27.7 Å². The summed E-state index contributed by atoms with van der Waals surface area (Å²) >= 11 is 6.38. The van der Waals surface area contributed by atoms with E-state index >= 15 is 0 Å². The van der Waals surface area contributed by atoms with Crippen LogP contribution < -0.4 is 5.44 Å². The molecule has 0 unspecified atom stereocenters. The molecule has 4 aromatic rings. The fraction of sp³-hybridized carbons (Fsp3) is 0.200. The molecule has 1 aromatic heterocycles. The number of aromatic nitrogens is 1. The van der Waals surface area contributed by atoms with Crippen molar-refractivity contribution in [3.05, 3.63) is 95.1 Å². The molecular formula is C25H25ClNO3P. The van der Waals surface area contributed by atoms with Crippen molar-refractivity contribution in [3.8, 4) is 5.69 Å². The van der Waals surface area contributed by atoms with Crippen molar-refractivity contribution in [2.75, 3.05) is 13.2 Å². The van der Waals surface area contributed by atoms with Crippen molar-refractivity contribution in [2.45, 2.75) is 20.3 Å². The van der Waals surface area contributed by atoms with Gasteiger partial charge < -0.3 is 13.6 Å². The standard InChI is InChI=1S/C25H25ClNO3P/c1-3-29-31(28,30-4-2)25-23-18-20(26)15-16-22(23)24(17-19-11-7-5-8-12-19)27(25)21-13-9-6-10-14-21/h5-16,18H,3-4,17H2,1-2H3. The van der Waals surface area contributed by atoms with Crippen LogP contribution in [0.25, 0.3) is 16.5 Å².